The van der Waals surface area contributed by atoms with Crippen molar-refractivity contribution in [1.82, 2.24) is 9.78 Å². The Morgan fingerprint density at radius 2 is 1.60 bits per heavy atom. The maximum Gasteiger partial charge on any atom is 0.434 e. The Labute approximate surface area is 168 Å². The molecule has 0 radical (unpaired) electrons. The van der Waals surface area contributed by atoms with Gasteiger partial charge in [0.05, 0.1) is 23.0 Å². The number of carbonyl (C=O) groups excluding carboxylic acids is 1. The summed E-state index contributed by atoms with van der Waals surface area (Å²) in [5.41, 5.74) is -4.56. The van der Waals surface area contributed by atoms with E-state index in [9.17, 15) is 35.5 Å². The van der Waals surface area contributed by atoms with Crippen LogP contribution >= 0.6 is 11.6 Å². The van der Waals surface area contributed by atoms with Gasteiger partial charge in [-0.3, -0.25) is 4.79 Å². The molecule has 1 N–H and O–H groups in total. The molecular weight excluding hydrogens is 443 g/mol. The van der Waals surface area contributed by atoms with Crippen LogP contribution in [-0.4, -0.2) is 15.7 Å². The van der Waals surface area contributed by atoms with Crippen LogP contribution in [0.2, 0.25) is 5.02 Å². The van der Waals surface area contributed by atoms with Crippen molar-refractivity contribution in [2.75, 3.05) is 5.32 Å². The Kier molecular flexibility index (Phi) is 5.50. The van der Waals surface area contributed by atoms with Crippen LogP contribution in [0, 0.1) is 5.82 Å². The van der Waals surface area contributed by atoms with Gasteiger partial charge in [-0.25, -0.2) is 9.07 Å². The molecule has 158 valence electrons. The van der Waals surface area contributed by atoms with Crippen LogP contribution in [-0.2, 0) is 12.4 Å². The minimum atomic E-state index is -5.04. The smallest absolute Gasteiger partial charge is 0.322 e. The van der Waals surface area contributed by atoms with Gasteiger partial charge < -0.3 is 5.32 Å². The lowest BCUT2D eigenvalue weighted by atomic mass is 10.1. The lowest BCUT2D eigenvalue weighted by Crippen LogP contribution is -2.21. The summed E-state index contributed by atoms with van der Waals surface area (Å²) in [5.74, 6) is -2.74. The molecule has 0 fully saturated rings. The van der Waals surface area contributed by atoms with Crippen LogP contribution in [0.1, 0.15) is 21.6 Å². The predicted octanol–water partition coefficient (Wildman–Crippen LogP) is 5.95. The summed E-state index contributed by atoms with van der Waals surface area (Å²) in [4.78, 5) is 12.4. The van der Waals surface area contributed by atoms with Crippen LogP contribution in [0.4, 0.5) is 36.4 Å². The van der Waals surface area contributed by atoms with Gasteiger partial charge in [0, 0.05) is 10.7 Å². The third kappa shape index (κ3) is 4.56. The van der Waals surface area contributed by atoms with E-state index in [-0.39, 0.29) is 16.8 Å². The first-order valence-electron chi connectivity index (χ1n) is 7.96. The summed E-state index contributed by atoms with van der Waals surface area (Å²) in [6, 6.07) is 6.22. The van der Waals surface area contributed by atoms with Crippen molar-refractivity contribution in [2.24, 2.45) is 0 Å². The monoisotopic (exact) mass is 451 g/mol. The van der Waals surface area contributed by atoms with E-state index < -0.39 is 46.6 Å². The molecule has 0 atom stereocenters. The first-order chi connectivity index (χ1) is 13.9. The lowest BCUT2D eigenvalue weighted by Gasteiger charge is -2.14. The topological polar surface area (TPSA) is 46.9 Å². The minimum absolute atomic E-state index is 0.0594. The van der Waals surface area contributed by atoms with Gasteiger partial charge in [-0.15, -0.1) is 0 Å². The standard InChI is InChI=1S/C18H9ClF7N3O/c19-10-1-3-13(4-2-10)29-15(18(24,25)26)14(8-27-29)16(30)28-12-6-9(17(21,22)23)5-11(20)7-12/h1-8H,(H,28,30). The molecule has 4 nitrogen and oxygen atoms in total. The first kappa shape index (κ1) is 21.6. The number of hydrogen-bond donors (Lipinski definition) is 1. The van der Waals surface area contributed by atoms with E-state index in [1.54, 1.807) is 0 Å². The fourth-order valence-electron chi connectivity index (χ4n) is 2.59. The number of amides is 1. The van der Waals surface area contributed by atoms with E-state index in [0.29, 0.717) is 23.0 Å². The van der Waals surface area contributed by atoms with E-state index >= 15 is 0 Å². The van der Waals surface area contributed by atoms with Gasteiger partial charge in [-0.1, -0.05) is 11.6 Å². The second-order valence-corrected chi connectivity index (χ2v) is 6.41. The predicted molar refractivity (Wildman–Crippen MR) is 92.9 cm³/mol. The third-order valence-corrected chi connectivity index (χ3v) is 4.09. The van der Waals surface area contributed by atoms with Crippen molar-refractivity contribution in [3.63, 3.8) is 0 Å². The molecule has 1 aromatic heterocycles. The van der Waals surface area contributed by atoms with E-state index in [1.165, 1.54) is 24.3 Å². The Morgan fingerprint density at radius 1 is 0.967 bits per heavy atom. The molecule has 30 heavy (non-hydrogen) atoms. The molecular formula is C18H9ClF7N3O. The van der Waals surface area contributed by atoms with Crippen molar-refractivity contribution >= 4 is 23.2 Å². The number of nitrogens with zero attached hydrogens (tertiary/aromatic N) is 2. The lowest BCUT2D eigenvalue weighted by molar-refractivity contribution is -0.143. The van der Waals surface area contributed by atoms with Crippen LogP contribution in [0.25, 0.3) is 5.69 Å². The molecule has 0 saturated carbocycles. The number of aromatic nitrogens is 2. The molecule has 3 rings (SSSR count). The van der Waals surface area contributed by atoms with Crippen molar-refractivity contribution < 1.29 is 35.5 Å². The highest BCUT2D eigenvalue weighted by atomic mass is 35.5. The average molecular weight is 452 g/mol. The van der Waals surface area contributed by atoms with Gasteiger partial charge in [0.25, 0.3) is 5.91 Å². The molecule has 3 aromatic rings. The Morgan fingerprint density at radius 3 is 2.17 bits per heavy atom. The zero-order valence-electron chi connectivity index (χ0n) is 14.4. The number of nitrogens with one attached hydrogen (secondary N) is 1. The molecule has 0 bridgehead atoms. The minimum Gasteiger partial charge on any atom is -0.322 e. The molecule has 2 aromatic carbocycles. The Bertz CT molecular complexity index is 1090. The fraction of sp³-hybridized carbons (Fsp3) is 0.111. The summed E-state index contributed by atoms with van der Waals surface area (Å²) < 4.78 is 93.2. The maximum absolute atomic E-state index is 13.6. The summed E-state index contributed by atoms with van der Waals surface area (Å²) in [7, 11) is 0. The fourth-order valence-corrected chi connectivity index (χ4v) is 2.72. The summed E-state index contributed by atoms with van der Waals surface area (Å²) in [5, 5.41) is 5.66. The second kappa shape index (κ2) is 7.63. The maximum atomic E-state index is 13.6. The zero-order chi connectivity index (χ0) is 22.3. The average Bonchev–Trinajstić information content (AvgIpc) is 3.07. The highest BCUT2D eigenvalue weighted by molar-refractivity contribution is 6.30. The molecule has 1 heterocycles. The van der Waals surface area contributed by atoms with E-state index in [1.807, 2.05) is 5.32 Å². The highest BCUT2D eigenvalue weighted by Gasteiger charge is 2.40. The van der Waals surface area contributed by atoms with Gasteiger partial charge in [-0.2, -0.15) is 31.4 Å². The molecule has 0 saturated heterocycles. The number of anilines is 1. The van der Waals surface area contributed by atoms with Gasteiger partial charge in [0.1, 0.15) is 5.82 Å². The van der Waals surface area contributed by atoms with Crippen LogP contribution in [0.15, 0.2) is 48.7 Å². The number of carbonyl (C=O) groups is 1. The highest BCUT2D eigenvalue weighted by Crippen LogP contribution is 2.35. The number of benzene rings is 2. The van der Waals surface area contributed by atoms with Crippen LogP contribution in [0.3, 0.4) is 0 Å². The normalized spacial score (nSPS) is 12.1. The number of rotatable bonds is 3. The SMILES string of the molecule is O=C(Nc1cc(F)cc(C(F)(F)F)c1)c1cnn(-c2ccc(Cl)cc2)c1C(F)(F)F. The number of halogens is 8. The number of alkyl halides is 6. The zero-order valence-corrected chi connectivity index (χ0v) is 15.2. The van der Waals surface area contributed by atoms with Crippen molar-refractivity contribution in [3.05, 3.63) is 76.3 Å². The van der Waals surface area contributed by atoms with Crippen molar-refractivity contribution in [2.45, 2.75) is 12.4 Å². The largest absolute Gasteiger partial charge is 0.434 e. The first-order valence-corrected chi connectivity index (χ1v) is 8.34. The molecule has 0 aliphatic carbocycles. The Hall–Kier alpha value is -3.08. The molecule has 0 unspecified atom stereocenters. The molecule has 0 aliphatic heterocycles. The van der Waals surface area contributed by atoms with Crippen LogP contribution in [0.5, 0.6) is 0 Å². The second-order valence-electron chi connectivity index (χ2n) is 5.97. The molecule has 0 aliphatic rings. The van der Waals surface area contributed by atoms with Crippen molar-refractivity contribution in [1.29, 1.82) is 0 Å². The quantitative estimate of drug-likeness (QED) is 0.500. The van der Waals surface area contributed by atoms with E-state index in [4.69, 9.17) is 11.6 Å². The van der Waals surface area contributed by atoms with Gasteiger partial charge in [0.2, 0.25) is 0 Å². The van der Waals surface area contributed by atoms with Gasteiger partial charge in [0.15, 0.2) is 5.69 Å². The van der Waals surface area contributed by atoms with Crippen molar-refractivity contribution in [3.8, 4) is 5.69 Å². The molecule has 1 amide bonds. The van der Waals surface area contributed by atoms with Gasteiger partial charge in [-0.05, 0) is 42.5 Å². The molecule has 0 spiro atoms. The van der Waals surface area contributed by atoms with Crippen LogP contribution < -0.4 is 5.32 Å². The summed E-state index contributed by atoms with van der Waals surface area (Å²) >= 11 is 5.71. The Balaban J connectivity index is 2.01. The summed E-state index contributed by atoms with van der Waals surface area (Å²) in [6.07, 6.45) is -9.35. The molecule has 12 heteroatoms. The van der Waals surface area contributed by atoms with E-state index in [2.05, 4.69) is 5.10 Å². The van der Waals surface area contributed by atoms with E-state index in [0.717, 1.165) is 0 Å². The van der Waals surface area contributed by atoms with Gasteiger partial charge >= 0.3 is 12.4 Å². The third-order valence-electron chi connectivity index (χ3n) is 3.84. The number of hydrogen-bond acceptors (Lipinski definition) is 2. The summed E-state index contributed by atoms with van der Waals surface area (Å²) in [6.45, 7) is 0.